The van der Waals surface area contributed by atoms with Crippen LogP contribution in [0.5, 0.6) is 0 Å². The third-order valence-electron chi connectivity index (χ3n) is 3.57. The summed E-state index contributed by atoms with van der Waals surface area (Å²) in [4.78, 5) is 0. The Morgan fingerprint density at radius 2 is 1.91 bits per heavy atom. The van der Waals surface area contributed by atoms with E-state index in [9.17, 15) is 9.60 Å². The molecule has 0 atom stereocenters. The van der Waals surface area contributed by atoms with Crippen molar-refractivity contribution in [3.63, 3.8) is 0 Å². The van der Waals surface area contributed by atoms with Crippen LogP contribution in [-0.4, -0.2) is 20.5 Å². The Bertz CT molecular complexity index is 835. The Kier molecular flexibility index (Phi) is 3.63. The van der Waals surface area contributed by atoms with E-state index >= 15 is 0 Å². The molecule has 1 aromatic carbocycles. The summed E-state index contributed by atoms with van der Waals surface area (Å²) in [5.74, 6) is -0.272. The van der Waals surface area contributed by atoms with Crippen LogP contribution in [0.1, 0.15) is 19.4 Å². The maximum atomic E-state index is 13.2. The minimum absolute atomic E-state index is 0.0254. The van der Waals surface area contributed by atoms with E-state index in [0.717, 1.165) is 16.6 Å². The first-order valence-electron chi connectivity index (χ1n) is 7.07. The second-order valence-corrected chi connectivity index (χ2v) is 5.40. The van der Waals surface area contributed by atoms with Crippen LogP contribution in [0.15, 0.2) is 53.8 Å². The second kappa shape index (κ2) is 5.60. The molecule has 0 aliphatic heterocycles. The van der Waals surface area contributed by atoms with Crippen molar-refractivity contribution >= 4 is 11.2 Å². The van der Waals surface area contributed by atoms with Gasteiger partial charge in [0.15, 0.2) is 0 Å². The van der Waals surface area contributed by atoms with E-state index in [1.165, 1.54) is 12.1 Å². The lowest BCUT2D eigenvalue weighted by atomic mass is 9.96. The third kappa shape index (κ3) is 2.35. The molecule has 2 aromatic heterocycles. The molecule has 22 heavy (non-hydrogen) atoms. The Morgan fingerprint density at radius 1 is 1.18 bits per heavy atom. The zero-order valence-electron chi connectivity index (χ0n) is 12.4. The molecule has 0 aliphatic rings. The van der Waals surface area contributed by atoms with E-state index in [4.69, 9.17) is 0 Å². The first-order valence-corrected chi connectivity index (χ1v) is 7.07. The molecular formula is C17H16FN3O. The maximum Gasteiger partial charge on any atom is 0.123 e. The van der Waals surface area contributed by atoms with E-state index in [1.807, 2.05) is 38.2 Å². The molecule has 3 rings (SSSR count). The van der Waals surface area contributed by atoms with Gasteiger partial charge in [0.05, 0.1) is 16.8 Å². The molecule has 4 nitrogen and oxygen atoms in total. The van der Waals surface area contributed by atoms with Gasteiger partial charge in [0.25, 0.3) is 0 Å². The number of benzene rings is 1. The highest BCUT2D eigenvalue weighted by molar-refractivity contribution is 6.11. The molecule has 1 N–H and O–H groups in total. The average molecular weight is 297 g/mol. The van der Waals surface area contributed by atoms with Gasteiger partial charge in [-0.25, -0.2) is 8.91 Å². The number of nitrogens with zero attached hydrogens (tertiary/aromatic N) is 3. The molecular weight excluding hydrogens is 281 g/mol. The normalized spacial score (nSPS) is 12.3. The van der Waals surface area contributed by atoms with E-state index in [1.54, 1.807) is 16.6 Å². The zero-order valence-corrected chi connectivity index (χ0v) is 12.4. The monoisotopic (exact) mass is 297 g/mol. The molecule has 112 valence electrons. The van der Waals surface area contributed by atoms with Crippen molar-refractivity contribution in [1.82, 2.24) is 9.61 Å². The lowest BCUT2D eigenvalue weighted by Gasteiger charge is -2.09. The molecule has 0 fully saturated rings. The molecule has 0 saturated heterocycles. The van der Waals surface area contributed by atoms with Crippen molar-refractivity contribution < 1.29 is 9.60 Å². The van der Waals surface area contributed by atoms with Crippen LogP contribution in [0.3, 0.4) is 0 Å². The smallest absolute Gasteiger partial charge is 0.123 e. The van der Waals surface area contributed by atoms with Crippen LogP contribution in [0.2, 0.25) is 0 Å². The van der Waals surface area contributed by atoms with Gasteiger partial charge >= 0.3 is 0 Å². The molecule has 0 spiro atoms. The number of fused-ring (bicyclic) bond motifs is 1. The first-order chi connectivity index (χ1) is 10.6. The number of pyridine rings is 1. The largest absolute Gasteiger partial charge is 0.411 e. The van der Waals surface area contributed by atoms with Crippen LogP contribution < -0.4 is 0 Å². The summed E-state index contributed by atoms with van der Waals surface area (Å²) in [6.45, 7) is 3.91. The standard InChI is InChI=1S/C17H16FN3O/c1-11(2)16(20-22)15-14-5-3-4-10-21(14)19-17(15)12-6-8-13(18)9-7-12/h3-11,22H,1-2H3. The van der Waals surface area contributed by atoms with Gasteiger partial charge in [0.1, 0.15) is 11.5 Å². The highest BCUT2D eigenvalue weighted by atomic mass is 19.1. The Morgan fingerprint density at radius 3 is 2.55 bits per heavy atom. The predicted molar refractivity (Wildman–Crippen MR) is 83.7 cm³/mol. The van der Waals surface area contributed by atoms with Gasteiger partial charge in [0.2, 0.25) is 0 Å². The van der Waals surface area contributed by atoms with Crippen molar-refractivity contribution in [1.29, 1.82) is 0 Å². The van der Waals surface area contributed by atoms with Crippen LogP contribution >= 0.6 is 0 Å². The highest BCUT2D eigenvalue weighted by Gasteiger charge is 2.21. The summed E-state index contributed by atoms with van der Waals surface area (Å²) in [5, 5.41) is 17.5. The molecule has 0 aliphatic carbocycles. The average Bonchev–Trinajstić information content (AvgIpc) is 2.88. The summed E-state index contributed by atoms with van der Waals surface area (Å²) >= 11 is 0. The van der Waals surface area contributed by atoms with E-state index in [0.29, 0.717) is 11.4 Å². The van der Waals surface area contributed by atoms with E-state index in [-0.39, 0.29) is 11.7 Å². The third-order valence-corrected chi connectivity index (χ3v) is 3.57. The SMILES string of the molecule is CC(C)C(=NO)c1c(-c2ccc(F)cc2)nn2ccccc12. The lowest BCUT2D eigenvalue weighted by Crippen LogP contribution is -2.10. The van der Waals surface area contributed by atoms with E-state index in [2.05, 4.69) is 10.3 Å². The van der Waals surface area contributed by atoms with Crippen LogP contribution in [0, 0.1) is 11.7 Å². The summed E-state index contributed by atoms with van der Waals surface area (Å²) in [6.07, 6.45) is 1.83. The van der Waals surface area contributed by atoms with Gasteiger partial charge < -0.3 is 5.21 Å². The van der Waals surface area contributed by atoms with Gasteiger partial charge in [0, 0.05) is 11.8 Å². The van der Waals surface area contributed by atoms with Crippen LogP contribution in [0.25, 0.3) is 16.8 Å². The number of aromatic nitrogens is 2. The van der Waals surface area contributed by atoms with Gasteiger partial charge in [-0.3, -0.25) is 0 Å². The number of halogens is 1. The summed E-state index contributed by atoms with van der Waals surface area (Å²) < 4.78 is 14.9. The Hall–Kier alpha value is -2.69. The molecule has 0 radical (unpaired) electrons. The minimum atomic E-state index is -0.297. The number of oxime groups is 1. The van der Waals surface area contributed by atoms with Crippen molar-refractivity contribution in [3.8, 4) is 11.3 Å². The summed E-state index contributed by atoms with van der Waals surface area (Å²) in [5.41, 5.74) is 3.63. The zero-order chi connectivity index (χ0) is 15.7. The number of rotatable bonds is 3. The molecule has 0 amide bonds. The predicted octanol–water partition coefficient (Wildman–Crippen LogP) is 3.97. The molecule has 5 heteroatoms. The van der Waals surface area contributed by atoms with Gasteiger partial charge in [-0.05, 0) is 42.3 Å². The first kappa shape index (κ1) is 14.3. The topological polar surface area (TPSA) is 49.9 Å². The lowest BCUT2D eigenvalue weighted by molar-refractivity contribution is 0.316. The fourth-order valence-electron chi connectivity index (χ4n) is 2.52. The summed E-state index contributed by atoms with van der Waals surface area (Å²) in [7, 11) is 0. The molecule has 0 saturated carbocycles. The van der Waals surface area contributed by atoms with Gasteiger partial charge in [-0.15, -0.1) is 0 Å². The van der Waals surface area contributed by atoms with Crippen molar-refractivity contribution in [3.05, 3.63) is 60.0 Å². The Labute approximate surface area is 127 Å². The van der Waals surface area contributed by atoms with Gasteiger partial charge in [-0.1, -0.05) is 25.1 Å². The second-order valence-electron chi connectivity index (χ2n) is 5.40. The highest BCUT2D eigenvalue weighted by Crippen LogP contribution is 2.29. The van der Waals surface area contributed by atoms with E-state index < -0.39 is 0 Å². The molecule has 2 heterocycles. The van der Waals surface area contributed by atoms with Crippen LogP contribution in [-0.2, 0) is 0 Å². The number of hydrogen-bond donors (Lipinski definition) is 1. The fourth-order valence-corrected chi connectivity index (χ4v) is 2.52. The fraction of sp³-hybridized carbons (Fsp3) is 0.176. The maximum absolute atomic E-state index is 13.2. The molecule has 0 bridgehead atoms. The van der Waals surface area contributed by atoms with Crippen molar-refractivity contribution in [2.45, 2.75) is 13.8 Å². The number of hydrogen-bond acceptors (Lipinski definition) is 3. The van der Waals surface area contributed by atoms with Crippen molar-refractivity contribution in [2.24, 2.45) is 11.1 Å². The molecule has 0 unspecified atom stereocenters. The quantitative estimate of drug-likeness (QED) is 0.452. The summed E-state index contributed by atoms with van der Waals surface area (Å²) in [6, 6.07) is 11.9. The molecule has 3 aromatic rings. The van der Waals surface area contributed by atoms with Gasteiger partial charge in [-0.2, -0.15) is 5.10 Å². The van der Waals surface area contributed by atoms with Crippen LogP contribution in [0.4, 0.5) is 4.39 Å². The van der Waals surface area contributed by atoms with Crippen molar-refractivity contribution in [2.75, 3.05) is 0 Å². The minimum Gasteiger partial charge on any atom is -0.411 e. The Balaban J connectivity index is 2.32.